The molecule has 18 heavy (non-hydrogen) atoms. The summed E-state index contributed by atoms with van der Waals surface area (Å²) in [6.45, 7) is 0.424. The highest BCUT2D eigenvalue weighted by Crippen LogP contribution is 2.14. The third kappa shape index (κ3) is 2.79. The number of nitrogens with two attached hydrogens (primary N) is 1. The van der Waals surface area contributed by atoms with Crippen LogP contribution in [0.25, 0.3) is 0 Å². The van der Waals surface area contributed by atoms with Crippen LogP contribution in [0, 0.1) is 0 Å². The average molecular weight is 246 g/mol. The SMILES string of the molecule is Cn1cc(COc2cccc(C(N)=NO)c2)cn1. The Morgan fingerprint density at radius 3 is 3.06 bits per heavy atom. The van der Waals surface area contributed by atoms with Crippen LogP contribution in [0.3, 0.4) is 0 Å². The van der Waals surface area contributed by atoms with Crippen LogP contribution in [0.4, 0.5) is 0 Å². The zero-order valence-electron chi connectivity index (χ0n) is 9.95. The highest BCUT2D eigenvalue weighted by Gasteiger charge is 2.02. The third-order valence-corrected chi connectivity index (χ3v) is 2.40. The third-order valence-electron chi connectivity index (χ3n) is 2.40. The Bertz CT molecular complexity index is 563. The zero-order chi connectivity index (χ0) is 13.0. The van der Waals surface area contributed by atoms with Gasteiger partial charge in [0.05, 0.1) is 6.20 Å². The summed E-state index contributed by atoms with van der Waals surface area (Å²) >= 11 is 0. The first-order valence-electron chi connectivity index (χ1n) is 5.37. The van der Waals surface area contributed by atoms with Gasteiger partial charge >= 0.3 is 0 Å². The molecule has 0 aliphatic rings. The summed E-state index contributed by atoms with van der Waals surface area (Å²) in [6, 6.07) is 7.05. The normalized spacial score (nSPS) is 11.5. The maximum Gasteiger partial charge on any atom is 0.170 e. The maximum atomic E-state index is 8.60. The van der Waals surface area contributed by atoms with Gasteiger partial charge in [-0.15, -0.1) is 0 Å². The molecule has 6 nitrogen and oxygen atoms in total. The molecule has 0 saturated carbocycles. The molecule has 2 aromatic rings. The second-order valence-electron chi connectivity index (χ2n) is 3.82. The van der Waals surface area contributed by atoms with Gasteiger partial charge in [-0.05, 0) is 12.1 Å². The van der Waals surface area contributed by atoms with E-state index in [1.54, 1.807) is 29.1 Å². The number of aryl methyl sites for hydroxylation is 1. The number of ether oxygens (including phenoxy) is 1. The monoisotopic (exact) mass is 246 g/mol. The van der Waals surface area contributed by atoms with Crippen molar-refractivity contribution in [2.24, 2.45) is 17.9 Å². The van der Waals surface area contributed by atoms with Gasteiger partial charge in [0.2, 0.25) is 0 Å². The lowest BCUT2D eigenvalue weighted by atomic mass is 10.2. The molecule has 3 N–H and O–H groups in total. The van der Waals surface area contributed by atoms with Crippen LogP contribution in [0.5, 0.6) is 5.75 Å². The summed E-state index contributed by atoms with van der Waals surface area (Å²) in [5.41, 5.74) is 7.10. The highest BCUT2D eigenvalue weighted by molar-refractivity contribution is 5.97. The number of oxime groups is 1. The minimum absolute atomic E-state index is 0.0572. The van der Waals surface area contributed by atoms with Crippen LogP contribution < -0.4 is 10.5 Å². The van der Waals surface area contributed by atoms with E-state index in [1.165, 1.54) is 0 Å². The van der Waals surface area contributed by atoms with Gasteiger partial charge in [0.25, 0.3) is 0 Å². The van der Waals surface area contributed by atoms with Gasteiger partial charge in [0, 0.05) is 24.4 Å². The highest BCUT2D eigenvalue weighted by atomic mass is 16.5. The Hall–Kier alpha value is -2.50. The lowest BCUT2D eigenvalue weighted by Crippen LogP contribution is -2.12. The molecule has 2 rings (SSSR count). The molecule has 0 bridgehead atoms. The van der Waals surface area contributed by atoms with E-state index in [9.17, 15) is 0 Å². The number of rotatable bonds is 4. The lowest BCUT2D eigenvalue weighted by molar-refractivity contribution is 0.306. The average Bonchev–Trinajstić information content (AvgIpc) is 2.81. The number of amidine groups is 1. The molecular weight excluding hydrogens is 232 g/mol. The van der Waals surface area contributed by atoms with Crippen molar-refractivity contribution in [2.75, 3.05) is 0 Å². The molecule has 1 aromatic heterocycles. The number of nitrogens with zero attached hydrogens (tertiary/aromatic N) is 3. The molecule has 0 unspecified atom stereocenters. The minimum atomic E-state index is 0.0572. The first-order valence-corrected chi connectivity index (χ1v) is 5.37. The van der Waals surface area contributed by atoms with Gasteiger partial charge in [-0.3, -0.25) is 4.68 Å². The van der Waals surface area contributed by atoms with Crippen molar-refractivity contribution in [3.63, 3.8) is 0 Å². The quantitative estimate of drug-likeness (QED) is 0.366. The number of hydrogen-bond acceptors (Lipinski definition) is 4. The van der Waals surface area contributed by atoms with E-state index in [2.05, 4.69) is 10.3 Å². The van der Waals surface area contributed by atoms with Gasteiger partial charge in [0.1, 0.15) is 12.4 Å². The Morgan fingerprint density at radius 2 is 2.39 bits per heavy atom. The van der Waals surface area contributed by atoms with E-state index in [-0.39, 0.29) is 5.84 Å². The van der Waals surface area contributed by atoms with Crippen molar-refractivity contribution in [1.29, 1.82) is 0 Å². The minimum Gasteiger partial charge on any atom is -0.489 e. The van der Waals surface area contributed by atoms with E-state index in [0.29, 0.717) is 17.9 Å². The summed E-state index contributed by atoms with van der Waals surface area (Å²) in [7, 11) is 1.85. The van der Waals surface area contributed by atoms with Gasteiger partial charge in [-0.1, -0.05) is 17.3 Å². The fourth-order valence-electron chi connectivity index (χ4n) is 1.52. The molecule has 0 saturated heterocycles. The summed E-state index contributed by atoms with van der Waals surface area (Å²) < 4.78 is 7.31. The van der Waals surface area contributed by atoms with E-state index in [0.717, 1.165) is 5.56 Å². The molecule has 0 aliphatic carbocycles. The van der Waals surface area contributed by atoms with E-state index in [4.69, 9.17) is 15.7 Å². The molecule has 1 heterocycles. The molecule has 1 aromatic carbocycles. The van der Waals surface area contributed by atoms with Gasteiger partial charge in [0.15, 0.2) is 5.84 Å². The van der Waals surface area contributed by atoms with Crippen molar-refractivity contribution in [2.45, 2.75) is 6.61 Å². The smallest absolute Gasteiger partial charge is 0.170 e. The van der Waals surface area contributed by atoms with Crippen LogP contribution in [0.15, 0.2) is 41.8 Å². The lowest BCUT2D eigenvalue weighted by Gasteiger charge is -2.06. The Balaban J connectivity index is 2.05. The summed E-state index contributed by atoms with van der Waals surface area (Å²) in [4.78, 5) is 0. The number of benzene rings is 1. The van der Waals surface area contributed by atoms with Crippen molar-refractivity contribution in [1.82, 2.24) is 9.78 Å². The molecule has 0 spiro atoms. The predicted octanol–water partition coefficient (Wildman–Crippen LogP) is 1.09. The molecule has 0 radical (unpaired) electrons. The van der Waals surface area contributed by atoms with Crippen LogP contribution in [-0.2, 0) is 13.7 Å². The Kier molecular flexibility index (Phi) is 3.47. The summed E-state index contributed by atoms with van der Waals surface area (Å²) in [5.74, 6) is 0.713. The largest absolute Gasteiger partial charge is 0.489 e. The Labute approximate surface area is 104 Å². The first kappa shape index (κ1) is 12.0. The van der Waals surface area contributed by atoms with Crippen molar-refractivity contribution >= 4 is 5.84 Å². The van der Waals surface area contributed by atoms with Crippen molar-refractivity contribution in [3.8, 4) is 5.75 Å². The standard InChI is InChI=1S/C12H14N4O2/c1-16-7-9(6-14-16)8-18-11-4-2-3-10(5-11)12(13)15-17/h2-7,17H,8H2,1H3,(H2,13,15). The van der Waals surface area contributed by atoms with E-state index in [1.807, 2.05) is 19.3 Å². The topological polar surface area (TPSA) is 85.7 Å². The molecule has 0 atom stereocenters. The van der Waals surface area contributed by atoms with Crippen LogP contribution in [-0.4, -0.2) is 20.8 Å². The van der Waals surface area contributed by atoms with E-state index < -0.39 is 0 Å². The molecule has 6 heteroatoms. The summed E-state index contributed by atoms with van der Waals surface area (Å²) in [5, 5.41) is 15.6. The van der Waals surface area contributed by atoms with Crippen molar-refractivity contribution in [3.05, 3.63) is 47.8 Å². The molecular formula is C12H14N4O2. The second-order valence-corrected chi connectivity index (χ2v) is 3.82. The van der Waals surface area contributed by atoms with Gasteiger partial charge < -0.3 is 15.7 Å². The van der Waals surface area contributed by atoms with Crippen LogP contribution >= 0.6 is 0 Å². The summed E-state index contributed by atoms with van der Waals surface area (Å²) in [6.07, 6.45) is 3.63. The Morgan fingerprint density at radius 1 is 1.56 bits per heavy atom. The van der Waals surface area contributed by atoms with Crippen LogP contribution in [0.1, 0.15) is 11.1 Å². The molecule has 0 amide bonds. The van der Waals surface area contributed by atoms with Crippen LogP contribution in [0.2, 0.25) is 0 Å². The fraction of sp³-hybridized carbons (Fsp3) is 0.167. The first-order chi connectivity index (χ1) is 8.69. The second kappa shape index (κ2) is 5.22. The van der Waals surface area contributed by atoms with E-state index >= 15 is 0 Å². The molecule has 94 valence electrons. The van der Waals surface area contributed by atoms with Gasteiger partial charge in [-0.25, -0.2) is 0 Å². The van der Waals surface area contributed by atoms with Crippen molar-refractivity contribution < 1.29 is 9.94 Å². The predicted molar refractivity (Wildman–Crippen MR) is 66.5 cm³/mol. The maximum absolute atomic E-state index is 8.60. The molecule has 0 aliphatic heterocycles. The zero-order valence-corrected chi connectivity index (χ0v) is 9.95. The molecule has 0 fully saturated rings. The van der Waals surface area contributed by atoms with Gasteiger partial charge in [-0.2, -0.15) is 5.10 Å². The number of hydrogen-bond donors (Lipinski definition) is 2. The fourth-order valence-corrected chi connectivity index (χ4v) is 1.52. The number of aromatic nitrogens is 2.